The standard InChI is InChI=1S/C16H20N6O/c1-11(2)14-18-6-8-21(14)12(3)16(23)19-9-13-10-20-22-7-4-5-17-15(13)22/h4-8,10-12H,9H2,1-3H3,(H,19,23)/t12-/m1/s1. The molecule has 3 aromatic heterocycles. The van der Waals surface area contributed by atoms with E-state index in [1.54, 1.807) is 23.1 Å². The zero-order chi connectivity index (χ0) is 16.4. The molecule has 0 unspecified atom stereocenters. The van der Waals surface area contributed by atoms with Crippen LogP contribution in [0.4, 0.5) is 0 Å². The van der Waals surface area contributed by atoms with Gasteiger partial charge >= 0.3 is 0 Å². The molecule has 0 spiro atoms. The summed E-state index contributed by atoms with van der Waals surface area (Å²) in [7, 11) is 0. The first-order valence-electron chi connectivity index (χ1n) is 7.65. The number of fused-ring (bicyclic) bond motifs is 1. The average Bonchev–Trinajstić information content (AvgIpc) is 3.19. The summed E-state index contributed by atoms with van der Waals surface area (Å²) in [5.74, 6) is 1.12. The van der Waals surface area contributed by atoms with Gasteiger partial charge in [-0.1, -0.05) is 13.8 Å². The topological polar surface area (TPSA) is 77.1 Å². The van der Waals surface area contributed by atoms with Crippen molar-refractivity contribution >= 4 is 11.6 Å². The second-order valence-electron chi connectivity index (χ2n) is 5.80. The molecule has 3 heterocycles. The van der Waals surface area contributed by atoms with Crippen molar-refractivity contribution in [3.8, 4) is 0 Å². The van der Waals surface area contributed by atoms with E-state index >= 15 is 0 Å². The van der Waals surface area contributed by atoms with E-state index < -0.39 is 0 Å². The van der Waals surface area contributed by atoms with Gasteiger partial charge < -0.3 is 9.88 Å². The number of imidazole rings is 1. The van der Waals surface area contributed by atoms with Crippen molar-refractivity contribution in [2.45, 2.75) is 39.3 Å². The number of rotatable bonds is 5. The maximum atomic E-state index is 12.4. The third-order valence-corrected chi connectivity index (χ3v) is 3.82. The van der Waals surface area contributed by atoms with Crippen LogP contribution in [0.15, 0.2) is 37.1 Å². The highest BCUT2D eigenvalue weighted by Gasteiger charge is 2.19. The highest BCUT2D eigenvalue weighted by atomic mass is 16.2. The Hall–Kier alpha value is -2.70. The number of carbonyl (C=O) groups excluding carboxylic acids is 1. The van der Waals surface area contributed by atoms with Crippen molar-refractivity contribution in [3.05, 3.63) is 48.4 Å². The Bertz CT molecular complexity index is 819. The van der Waals surface area contributed by atoms with Gasteiger partial charge in [-0.05, 0) is 13.0 Å². The van der Waals surface area contributed by atoms with Crippen molar-refractivity contribution in [2.24, 2.45) is 0 Å². The number of nitrogens with one attached hydrogen (secondary N) is 1. The molecular formula is C16H20N6O. The molecule has 23 heavy (non-hydrogen) atoms. The molecule has 0 aliphatic heterocycles. The molecule has 0 saturated heterocycles. The number of carbonyl (C=O) groups is 1. The van der Waals surface area contributed by atoms with Gasteiger partial charge in [0.1, 0.15) is 11.9 Å². The van der Waals surface area contributed by atoms with Gasteiger partial charge in [-0.2, -0.15) is 5.10 Å². The van der Waals surface area contributed by atoms with Gasteiger partial charge in [0, 0.05) is 42.8 Å². The molecule has 0 radical (unpaired) electrons. The lowest BCUT2D eigenvalue weighted by Crippen LogP contribution is -2.31. The summed E-state index contributed by atoms with van der Waals surface area (Å²) >= 11 is 0. The maximum Gasteiger partial charge on any atom is 0.243 e. The van der Waals surface area contributed by atoms with Crippen LogP contribution in [0.2, 0.25) is 0 Å². The van der Waals surface area contributed by atoms with E-state index in [-0.39, 0.29) is 17.9 Å². The van der Waals surface area contributed by atoms with E-state index in [9.17, 15) is 4.79 Å². The molecule has 7 heteroatoms. The smallest absolute Gasteiger partial charge is 0.243 e. The van der Waals surface area contributed by atoms with Crippen molar-refractivity contribution in [3.63, 3.8) is 0 Å². The highest BCUT2D eigenvalue weighted by Crippen LogP contribution is 2.17. The minimum absolute atomic E-state index is 0.0554. The number of hydrogen-bond acceptors (Lipinski definition) is 4. The quantitative estimate of drug-likeness (QED) is 0.781. The van der Waals surface area contributed by atoms with Crippen molar-refractivity contribution in [2.75, 3.05) is 0 Å². The molecule has 0 fully saturated rings. The minimum Gasteiger partial charge on any atom is -0.350 e. The molecule has 1 amide bonds. The maximum absolute atomic E-state index is 12.4. The van der Waals surface area contributed by atoms with Gasteiger partial charge in [-0.3, -0.25) is 4.79 Å². The molecule has 0 bridgehead atoms. The molecule has 0 saturated carbocycles. The Labute approximate surface area is 134 Å². The predicted octanol–water partition coefficient (Wildman–Crippen LogP) is 1.93. The molecule has 0 aliphatic rings. The van der Waals surface area contributed by atoms with Crippen LogP contribution >= 0.6 is 0 Å². The van der Waals surface area contributed by atoms with Gasteiger partial charge in [-0.15, -0.1) is 0 Å². The first-order valence-corrected chi connectivity index (χ1v) is 7.65. The Kier molecular flexibility index (Phi) is 4.10. The van der Waals surface area contributed by atoms with Crippen LogP contribution in [0, 0.1) is 0 Å². The van der Waals surface area contributed by atoms with Crippen LogP contribution in [-0.2, 0) is 11.3 Å². The van der Waals surface area contributed by atoms with Gasteiger partial charge in [0.15, 0.2) is 5.65 Å². The second kappa shape index (κ2) is 6.20. The first-order chi connectivity index (χ1) is 11.1. The van der Waals surface area contributed by atoms with Crippen LogP contribution in [0.1, 0.15) is 44.1 Å². The summed E-state index contributed by atoms with van der Waals surface area (Å²) < 4.78 is 3.60. The lowest BCUT2D eigenvalue weighted by atomic mass is 10.2. The fourth-order valence-corrected chi connectivity index (χ4v) is 2.56. The second-order valence-corrected chi connectivity index (χ2v) is 5.80. The van der Waals surface area contributed by atoms with Crippen LogP contribution in [0.25, 0.3) is 5.65 Å². The van der Waals surface area contributed by atoms with Crippen LogP contribution in [0.3, 0.4) is 0 Å². The summed E-state index contributed by atoms with van der Waals surface area (Å²) in [5.41, 5.74) is 1.65. The third kappa shape index (κ3) is 2.94. The third-order valence-electron chi connectivity index (χ3n) is 3.82. The largest absolute Gasteiger partial charge is 0.350 e. The van der Waals surface area contributed by atoms with E-state index in [1.165, 1.54) is 0 Å². The van der Waals surface area contributed by atoms with E-state index in [4.69, 9.17) is 0 Å². The molecule has 1 N–H and O–H groups in total. The first kappa shape index (κ1) is 15.2. The Balaban J connectivity index is 1.70. The van der Waals surface area contributed by atoms with Gasteiger partial charge in [-0.25, -0.2) is 14.5 Å². The molecular weight excluding hydrogens is 292 g/mol. The molecule has 1 atom stereocenters. The molecule has 3 rings (SSSR count). The van der Waals surface area contributed by atoms with Crippen molar-refractivity contribution in [1.29, 1.82) is 0 Å². The summed E-state index contributed by atoms with van der Waals surface area (Å²) in [5, 5.41) is 7.17. The summed E-state index contributed by atoms with van der Waals surface area (Å²) in [6.45, 7) is 6.40. The van der Waals surface area contributed by atoms with Crippen molar-refractivity contribution in [1.82, 2.24) is 29.5 Å². The normalized spacial score (nSPS) is 12.7. The van der Waals surface area contributed by atoms with Gasteiger partial charge in [0.25, 0.3) is 0 Å². The van der Waals surface area contributed by atoms with E-state index in [2.05, 4.69) is 34.2 Å². The zero-order valence-electron chi connectivity index (χ0n) is 13.5. The Morgan fingerprint density at radius 1 is 1.22 bits per heavy atom. The van der Waals surface area contributed by atoms with Crippen LogP contribution in [-0.4, -0.2) is 30.1 Å². The van der Waals surface area contributed by atoms with Gasteiger partial charge in [0.05, 0.1) is 6.20 Å². The number of hydrogen-bond donors (Lipinski definition) is 1. The minimum atomic E-state index is -0.315. The summed E-state index contributed by atoms with van der Waals surface area (Å²) in [6, 6.07) is 1.50. The SMILES string of the molecule is CC(C)c1nccn1[C@H](C)C(=O)NCc1cnn2cccnc12. The van der Waals surface area contributed by atoms with E-state index in [0.29, 0.717) is 6.54 Å². The molecule has 0 aromatic carbocycles. The van der Waals surface area contributed by atoms with Crippen LogP contribution in [0.5, 0.6) is 0 Å². The average molecular weight is 312 g/mol. The fraction of sp³-hybridized carbons (Fsp3) is 0.375. The summed E-state index contributed by atoms with van der Waals surface area (Å²) in [6.07, 6.45) is 8.84. The Morgan fingerprint density at radius 3 is 2.83 bits per heavy atom. The predicted molar refractivity (Wildman–Crippen MR) is 85.9 cm³/mol. The lowest BCUT2D eigenvalue weighted by molar-refractivity contribution is -0.124. The number of amides is 1. The molecule has 7 nitrogen and oxygen atoms in total. The van der Waals surface area contributed by atoms with Crippen LogP contribution < -0.4 is 5.32 Å². The number of aromatic nitrogens is 5. The summed E-state index contributed by atoms with van der Waals surface area (Å²) in [4.78, 5) is 21.1. The zero-order valence-corrected chi connectivity index (χ0v) is 13.5. The van der Waals surface area contributed by atoms with Crippen molar-refractivity contribution < 1.29 is 4.79 Å². The highest BCUT2D eigenvalue weighted by molar-refractivity contribution is 5.80. The van der Waals surface area contributed by atoms with E-state index in [0.717, 1.165) is 17.0 Å². The Morgan fingerprint density at radius 2 is 2.04 bits per heavy atom. The molecule has 120 valence electrons. The van der Waals surface area contributed by atoms with E-state index in [1.807, 2.05) is 30.0 Å². The monoisotopic (exact) mass is 312 g/mol. The number of nitrogens with zero attached hydrogens (tertiary/aromatic N) is 5. The molecule has 0 aliphatic carbocycles. The van der Waals surface area contributed by atoms with Gasteiger partial charge in [0.2, 0.25) is 5.91 Å². The molecule has 3 aromatic rings. The fourth-order valence-electron chi connectivity index (χ4n) is 2.56. The lowest BCUT2D eigenvalue weighted by Gasteiger charge is -2.17.